The van der Waals surface area contributed by atoms with Gasteiger partial charge >= 0.3 is 0 Å². The fourth-order valence-corrected chi connectivity index (χ4v) is 3.98. The van der Waals surface area contributed by atoms with E-state index in [-0.39, 0.29) is 22.2 Å². The maximum atomic E-state index is 13.9. The van der Waals surface area contributed by atoms with Crippen LogP contribution in [0.25, 0.3) is 10.9 Å². The second kappa shape index (κ2) is 7.86. The molecule has 3 aromatic rings. The summed E-state index contributed by atoms with van der Waals surface area (Å²) in [7, 11) is -2.15. The minimum atomic E-state index is -3.97. The van der Waals surface area contributed by atoms with Gasteiger partial charge in [0, 0.05) is 18.1 Å². The van der Waals surface area contributed by atoms with E-state index in [1.807, 2.05) is 7.05 Å². The van der Waals surface area contributed by atoms with Crippen molar-refractivity contribution in [1.82, 2.24) is 10.3 Å². The molecule has 3 rings (SSSR count). The maximum absolute atomic E-state index is 13.9. The van der Waals surface area contributed by atoms with Crippen LogP contribution in [-0.4, -0.2) is 33.6 Å². The molecule has 0 fully saturated rings. The molecule has 8 heteroatoms. The molecule has 0 amide bonds. The van der Waals surface area contributed by atoms with Gasteiger partial charge in [-0.1, -0.05) is 24.3 Å². The number of aromatic amines is 1. The summed E-state index contributed by atoms with van der Waals surface area (Å²) in [5.74, 6) is -0.217. The third kappa shape index (κ3) is 3.63. The first-order chi connectivity index (χ1) is 11.6. The highest BCUT2D eigenvalue weighted by Gasteiger charge is 2.25. The molecule has 0 unspecified atom stereocenters. The van der Waals surface area contributed by atoms with E-state index in [0.717, 1.165) is 6.07 Å². The Morgan fingerprint density at radius 3 is 2.60 bits per heavy atom. The number of para-hydroxylation sites is 1. The number of nitrogens with one attached hydrogen (secondary N) is 2. The van der Waals surface area contributed by atoms with Crippen LogP contribution in [0.3, 0.4) is 0 Å². The van der Waals surface area contributed by atoms with Gasteiger partial charge in [-0.25, -0.2) is 12.8 Å². The van der Waals surface area contributed by atoms with Gasteiger partial charge in [-0.2, -0.15) is 0 Å². The van der Waals surface area contributed by atoms with Crippen molar-refractivity contribution in [3.63, 3.8) is 0 Å². The van der Waals surface area contributed by atoms with Gasteiger partial charge in [0.15, 0.2) is 0 Å². The molecule has 134 valence electrons. The molecule has 0 aliphatic rings. The lowest BCUT2D eigenvalue weighted by atomic mass is 10.2. The van der Waals surface area contributed by atoms with Crippen molar-refractivity contribution < 1.29 is 17.5 Å². The molecule has 1 aromatic heterocycles. The number of H-pyrrole nitrogens is 1. The topological polar surface area (TPSA) is 71.2 Å². The van der Waals surface area contributed by atoms with Crippen molar-refractivity contribution >= 4 is 33.1 Å². The monoisotopic (exact) mass is 384 g/mol. The number of halogens is 2. The highest BCUT2D eigenvalue weighted by Crippen LogP contribution is 2.33. The molecule has 0 saturated heterocycles. The molecular formula is C17H18ClFN2O3S. The van der Waals surface area contributed by atoms with E-state index in [2.05, 4.69) is 10.3 Å². The van der Waals surface area contributed by atoms with Crippen LogP contribution in [0.1, 0.15) is 0 Å². The minimum absolute atomic E-state index is 0. The Labute approximate surface area is 151 Å². The number of aromatic nitrogens is 1. The molecule has 0 atom stereocenters. The summed E-state index contributed by atoms with van der Waals surface area (Å²) >= 11 is 0. The van der Waals surface area contributed by atoms with E-state index in [0.29, 0.717) is 29.8 Å². The first-order valence-electron chi connectivity index (χ1n) is 7.43. The SMILES string of the molecule is CNCCOc1cccc2c(S(=O)(=O)c3ccccc3F)c[nH]c12.Cl. The van der Waals surface area contributed by atoms with Crippen LogP contribution >= 0.6 is 12.4 Å². The second-order valence-corrected chi connectivity index (χ2v) is 7.10. The average Bonchev–Trinajstić information content (AvgIpc) is 3.01. The average molecular weight is 385 g/mol. The van der Waals surface area contributed by atoms with Crippen molar-refractivity contribution in [3.8, 4) is 5.75 Å². The molecule has 0 bridgehead atoms. The van der Waals surface area contributed by atoms with Gasteiger partial charge in [-0.3, -0.25) is 0 Å². The lowest BCUT2D eigenvalue weighted by molar-refractivity contribution is 0.321. The lowest BCUT2D eigenvalue weighted by Crippen LogP contribution is -2.16. The summed E-state index contributed by atoms with van der Waals surface area (Å²) in [6, 6.07) is 10.5. The van der Waals surface area contributed by atoms with Crippen LogP contribution in [0, 0.1) is 5.82 Å². The third-order valence-electron chi connectivity index (χ3n) is 3.66. The van der Waals surface area contributed by atoms with Gasteiger partial charge in [0.1, 0.15) is 23.1 Å². The standard InChI is InChI=1S/C17H17FN2O3S.ClH/c1-19-9-10-23-14-7-4-5-12-16(11-20-17(12)14)24(21,22)15-8-3-2-6-13(15)18;/h2-8,11,19-20H,9-10H2,1H3;1H. The van der Waals surface area contributed by atoms with Crippen LogP contribution < -0.4 is 10.1 Å². The van der Waals surface area contributed by atoms with Crippen LogP contribution in [0.4, 0.5) is 4.39 Å². The molecule has 2 N–H and O–H groups in total. The number of fused-ring (bicyclic) bond motifs is 1. The smallest absolute Gasteiger partial charge is 0.211 e. The highest BCUT2D eigenvalue weighted by atomic mass is 35.5. The molecule has 5 nitrogen and oxygen atoms in total. The van der Waals surface area contributed by atoms with E-state index in [1.54, 1.807) is 18.2 Å². The van der Waals surface area contributed by atoms with E-state index in [9.17, 15) is 12.8 Å². The zero-order valence-corrected chi connectivity index (χ0v) is 15.1. The van der Waals surface area contributed by atoms with Crippen LogP contribution in [0.2, 0.25) is 0 Å². The normalized spacial score (nSPS) is 11.3. The lowest BCUT2D eigenvalue weighted by Gasteiger charge is -2.07. The summed E-state index contributed by atoms with van der Waals surface area (Å²) < 4.78 is 45.2. The van der Waals surface area contributed by atoms with E-state index in [1.165, 1.54) is 24.4 Å². The number of likely N-dealkylation sites (N-methyl/N-ethyl adjacent to an activating group) is 1. The fraction of sp³-hybridized carbons (Fsp3) is 0.176. The Balaban J connectivity index is 0.00000225. The summed E-state index contributed by atoms with van der Waals surface area (Å²) in [5.41, 5.74) is 0.573. The number of ether oxygens (including phenoxy) is 1. The summed E-state index contributed by atoms with van der Waals surface area (Å²) in [6.45, 7) is 1.11. The first kappa shape index (κ1) is 19.2. The van der Waals surface area contributed by atoms with Gasteiger partial charge in [0.05, 0.1) is 10.4 Å². The van der Waals surface area contributed by atoms with E-state index < -0.39 is 15.7 Å². The van der Waals surface area contributed by atoms with Gasteiger partial charge in [-0.15, -0.1) is 12.4 Å². The molecule has 0 spiro atoms. The molecule has 0 saturated carbocycles. The van der Waals surface area contributed by atoms with Gasteiger partial charge in [0.25, 0.3) is 0 Å². The molecule has 0 aliphatic carbocycles. The first-order valence-corrected chi connectivity index (χ1v) is 8.91. The predicted octanol–water partition coefficient (Wildman–Crippen LogP) is 3.16. The van der Waals surface area contributed by atoms with Crippen molar-refractivity contribution in [2.45, 2.75) is 9.79 Å². The van der Waals surface area contributed by atoms with Crippen molar-refractivity contribution in [2.75, 3.05) is 20.2 Å². The van der Waals surface area contributed by atoms with Crippen LogP contribution in [-0.2, 0) is 9.84 Å². The number of hydrogen-bond acceptors (Lipinski definition) is 4. The molecule has 25 heavy (non-hydrogen) atoms. The molecule has 0 radical (unpaired) electrons. The Kier molecular flexibility index (Phi) is 6.05. The van der Waals surface area contributed by atoms with E-state index in [4.69, 9.17) is 4.74 Å². The molecular weight excluding hydrogens is 367 g/mol. The largest absolute Gasteiger partial charge is 0.490 e. The number of sulfone groups is 1. The summed E-state index contributed by atoms with van der Waals surface area (Å²) in [4.78, 5) is 2.62. The fourth-order valence-electron chi connectivity index (χ4n) is 2.49. The number of benzene rings is 2. The van der Waals surface area contributed by atoms with Crippen molar-refractivity contribution in [2.24, 2.45) is 0 Å². The second-order valence-electron chi connectivity index (χ2n) is 5.22. The number of rotatable bonds is 6. The molecule has 1 heterocycles. The van der Waals surface area contributed by atoms with Crippen molar-refractivity contribution in [3.05, 3.63) is 54.5 Å². The maximum Gasteiger partial charge on any atom is 0.211 e. The Morgan fingerprint density at radius 2 is 1.88 bits per heavy atom. The van der Waals surface area contributed by atoms with Gasteiger partial charge in [-0.05, 0) is 25.2 Å². The van der Waals surface area contributed by atoms with Crippen molar-refractivity contribution in [1.29, 1.82) is 0 Å². The third-order valence-corrected chi connectivity index (χ3v) is 5.49. The zero-order valence-electron chi connectivity index (χ0n) is 13.5. The van der Waals surface area contributed by atoms with E-state index >= 15 is 0 Å². The van der Waals surface area contributed by atoms with Crippen LogP contribution in [0.5, 0.6) is 5.75 Å². The predicted molar refractivity (Wildman–Crippen MR) is 96.8 cm³/mol. The van der Waals surface area contributed by atoms with Crippen LogP contribution in [0.15, 0.2) is 58.5 Å². The molecule has 2 aromatic carbocycles. The Morgan fingerprint density at radius 1 is 1.12 bits per heavy atom. The Bertz CT molecular complexity index is 973. The zero-order chi connectivity index (χ0) is 17.2. The summed E-state index contributed by atoms with van der Waals surface area (Å²) in [6.07, 6.45) is 1.37. The minimum Gasteiger partial charge on any atom is -0.490 e. The quantitative estimate of drug-likeness (QED) is 0.640. The highest BCUT2D eigenvalue weighted by molar-refractivity contribution is 7.91. The van der Waals surface area contributed by atoms with Gasteiger partial charge < -0.3 is 15.0 Å². The Hall–Kier alpha value is -2.09. The molecule has 0 aliphatic heterocycles. The van der Waals surface area contributed by atoms with Gasteiger partial charge in [0.2, 0.25) is 9.84 Å². The number of hydrogen-bond donors (Lipinski definition) is 2. The summed E-state index contributed by atoms with van der Waals surface area (Å²) in [5, 5.41) is 3.44.